The van der Waals surface area contributed by atoms with Crippen LogP contribution in [0.1, 0.15) is 10.4 Å². The number of hydrogen-bond donors (Lipinski definition) is 1. The molecule has 0 spiro atoms. The minimum atomic E-state index is -0.593. The van der Waals surface area contributed by atoms with Crippen molar-refractivity contribution in [2.75, 3.05) is 27.2 Å². The first-order chi connectivity index (χ1) is 9.07. The molecule has 0 heterocycles. The number of rotatable bonds is 5. The Morgan fingerprint density at radius 2 is 1.63 bits per heavy atom. The van der Waals surface area contributed by atoms with E-state index in [2.05, 4.69) is 5.32 Å². The molecule has 1 aromatic rings. The van der Waals surface area contributed by atoms with Gasteiger partial charge in [-0.25, -0.2) is 0 Å². The van der Waals surface area contributed by atoms with Gasteiger partial charge in [-0.15, -0.1) is 11.6 Å². The number of imide groups is 1. The zero-order valence-electron chi connectivity index (χ0n) is 10.8. The first kappa shape index (κ1) is 15.1. The summed E-state index contributed by atoms with van der Waals surface area (Å²) >= 11 is 5.31. The molecule has 104 valence electrons. The third-order valence-corrected chi connectivity index (χ3v) is 2.54. The van der Waals surface area contributed by atoms with Crippen molar-refractivity contribution >= 4 is 23.4 Å². The monoisotopic (exact) mass is 287 g/mol. The zero-order chi connectivity index (χ0) is 14.4. The zero-order valence-corrected chi connectivity index (χ0v) is 11.5. The Labute approximate surface area is 115 Å². The van der Waals surface area contributed by atoms with Crippen molar-refractivity contribution in [3.63, 3.8) is 0 Å². The van der Waals surface area contributed by atoms with Crippen molar-refractivity contribution in [1.82, 2.24) is 5.32 Å². The SMILES string of the molecule is COc1cc(C(=O)NC(=O)CCl)cc(OC)c1OC. The fourth-order valence-electron chi connectivity index (χ4n) is 1.44. The number of ether oxygens (including phenoxy) is 3. The summed E-state index contributed by atoms with van der Waals surface area (Å²) in [5, 5.41) is 2.12. The molecule has 0 aliphatic heterocycles. The van der Waals surface area contributed by atoms with Gasteiger partial charge in [0.1, 0.15) is 5.88 Å². The summed E-state index contributed by atoms with van der Waals surface area (Å²) < 4.78 is 15.3. The van der Waals surface area contributed by atoms with E-state index in [1.807, 2.05) is 0 Å². The average molecular weight is 288 g/mol. The third kappa shape index (κ3) is 3.51. The number of nitrogens with one attached hydrogen (secondary N) is 1. The van der Waals surface area contributed by atoms with Crippen LogP contribution in [0.2, 0.25) is 0 Å². The Kier molecular flexibility index (Phi) is 5.44. The maximum Gasteiger partial charge on any atom is 0.258 e. The quantitative estimate of drug-likeness (QED) is 0.824. The lowest BCUT2D eigenvalue weighted by molar-refractivity contribution is -0.117. The molecule has 7 heteroatoms. The van der Waals surface area contributed by atoms with Crippen LogP contribution in [0.15, 0.2) is 12.1 Å². The van der Waals surface area contributed by atoms with E-state index in [4.69, 9.17) is 25.8 Å². The van der Waals surface area contributed by atoms with Crippen LogP contribution in [-0.4, -0.2) is 39.0 Å². The molecule has 0 aliphatic rings. The van der Waals surface area contributed by atoms with Crippen LogP contribution in [-0.2, 0) is 4.79 Å². The summed E-state index contributed by atoms with van der Waals surface area (Å²) in [5.74, 6) is -0.456. The van der Waals surface area contributed by atoms with E-state index < -0.39 is 11.8 Å². The molecule has 0 saturated heterocycles. The van der Waals surface area contributed by atoms with Gasteiger partial charge in [0.05, 0.1) is 21.3 Å². The van der Waals surface area contributed by atoms with Gasteiger partial charge in [0, 0.05) is 5.56 Å². The van der Waals surface area contributed by atoms with Gasteiger partial charge in [0.15, 0.2) is 11.5 Å². The van der Waals surface area contributed by atoms with Gasteiger partial charge >= 0.3 is 0 Å². The van der Waals surface area contributed by atoms with Crippen molar-refractivity contribution < 1.29 is 23.8 Å². The maximum absolute atomic E-state index is 11.8. The number of halogens is 1. The summed E-state index contributed by atoms with van der Waals surface area (Å²) in [7, 11) is 4.32. The van der Waals surface area contributed by atoms with Crippen molar-refractivity contribution in [3.05, 3.63) is 17.7 Å². The van der Waals surface area contributed by atoms with Gasteiger partial charge in [-0.05, 0) is 12.1 Å². The third-order valence-electron chi connectivity index (χ3n) is 2.30. The first-order valence-electron chi connectivity index (χ1n) is 5.27. The molecule has 6 nitrogen and oxygen atoms in total. The highest BCUT2D eigenvalue weighted by Gasteiger charge is 2.17. The van der Waals surface area contributed by atoms with Crippen LogP contribution in [0, 0.1) is 0 Å². The summed E-state index contributed by atoms with van der Waals surface area (Å²) in [6, 6.07) is 2.89. The van der Waals surface area contributed by atoms with E-state index in [0.29, 0.717) is 17.2 Å². The molecule has 0 saturated carbocycles. The second-order valence-corrected chi connectivity index (χ2v) is 3.69. The Bertz CT molecular complexity index is 464. The van der Waals surface area contributed by atoms with Gasteiger partial charge in [-0.3, -0.25) is 14.9 Å². The van der Waals surface area contributed by atoms with E-state index in [0.717, 1.165) is 0 Å². The smallest absolute Gasteiger partial charge is 0.258 e. The van der Waals surface area contributed by atoms with Gasteiger partial charge < -0.3 is 14.2 Å². The summed E-state index contributed by atoms with van der Waals surface area (Å²) in [6.07, 6.45) is 0. The number of alkyl halides is 1. The number of benzene rings is 1. The molecular weight excluding hydrogens is 274 g/mol. The van der Waals surface area contributed by atoms with Crippen LogP contribution in [0.5, 0.6) is 17.2 Å². The topological polar surface area (TPSA) is 73.9 Å². The lowest BCUT2D eigenvalue weighted by Crippen LogP contribution is -2.31. The fourth-order valence-corrected chi connectivity index (χ4v) is 1.51. The molecular formula is C12H14ClNO5. The molecule has 0 radical (unpaired) electrons. The predicted octanol–water partition coefficient (Wildman–Crippen LogP) is 1.21. The molecule has 0 unspecified atom stereocenters. The highest BCUT2D eigenvalue weighted by molar-refractivity contribution is 6.28. The Balaban J connectivity index is 3.15. The molecule has 0 fully saturated rings. The number of hydrogen-bond acceptors (Lipinski definition) is 5. The number of methoxy groups -OCH3 is 3. The molecule has 1 aromatic carbocycles. The lowest BCUT2D eigenvalue weighted by Gasteiger charge is -2.13. The molecule has 1 N–H and O–H groups in total. The standard InChI is InChI=1S/C12H14ClNO5/c1-17-8-4-7(12(16)14-10(15)6-13)5-9(18-2)11(8)19-3/h4-5H,6H2,1-3H3,(H,14,15,16). The van der Waals surface area contributed by atoms with Crippen LogP contribution in [0.3, 0.4) is 0 Å². The fraction of sp³-hybridized carbons (Fsp3) is 0.333. The molecule has 0 atom stereocenters. The molecule has 2 amide bonds. The van der Waals surface area contributed by atoms with Crippen molar-refractivity contribution in [3.8, 4) is 17.2 Å². The van der Waals surface area contributed by atoms with E-state index in [9.17, 15) is 9.59 Å². The summed E-state index contributed by atoms with van der Waals surface area (Å²) in [6.45, 7) is 0. The first-order valence-corrected chi connectivity index (χ1v) is 5.81. The number of amides is 2. The normalized spacial score (nSPS) is 9.68. The highest BCUT2D eigenvalue weighted by atomic mass is 35.5. The lowest BCUT2D eigenvalue weighted by atomic mass is 10.1. The summed E-state index contributed by atoms with van der Waals surface area (Å²) in [4.78, 5) is 22.9. The molecule has 0 aliphatic carbocycles. The van der Waals surface area contributed by atoms with E-state index >= 15 is 0 Å². The van der Waals surface area contributed by atoms with Crippen LogP contribution in [0.25, 0.3) is 0 Å². The van der Waals surface area contributed by atoms with Crippen LogP contribution >= 0.6 is 11.6 Å². The van der Waals surface area contributed by atoms with E-state index in [-0.39, 0.29) is 11.4 Å². The highest BCUT2D eigenvalue weighted by Crippen LogP contribution is 2.38. The molecule has 1 rings (SSSR count). The second kappa shape index (κ2) is 6.84. The van der Waals surface area contributed by atoms with Gasteiger partial charge in [0.2, 0.25) is 11.7 Å². The Hall–Kier alpha value is -1.95. The molecule has 0 aromatic heterocycles. The molecule has 19 heavy (non-hydrogen) atoms. The molecule has 0 bridgehead atoms. The predicted molar refractivity (Wildman–Crippen MR) is 69.3 cm³/mol. The second-order valence-electron chi connectivity index (χ2n) is 3.42. The van der Waals surface area contributed by atoms with E-state index in [1.54, 1.807) is 0 Å². The van der Waals surface area contributed by atoms with Gasteiger partial charge in [0.25, 0.3) is 5.91 Å². The van der Waals surface area contributed by atoms with Crippen LogP contribution < -0.4 is 19.5 Å². The van der Waals surface area contributed by atoms with Crippen molar-refractivity contribution in [2.45, 2.75) is 0 Å². The van der Waals surface area contributed by atoms with Gasteiger partial charge in [-0.1, -0.05) is 0 Å². The van der Waals surface area contributed by atoms with Crippen molar-refractivity contribution in [2.24, 2.45) is 0 Å². The maximum atomic E-state index is 11.8. The Morgan fingerprint density at radius 1 is 1.11 bits per heavy atom. The minimum Gasteiger partial charge on any atom is -0.493 e. The van der Waals surface area contributed by atoms with Gasteiger partial charge in [-0.2, -0.15) is 0 Å². The van der Waals surface area contributed by atoms with Crippen LogP contribution in [0.4, 0.5) is 0 Å². The van der Waals surface area contributed by atoms with E-state index in [1.165, 1.54) is 33.5 Å². The minimum absolute atomic E-state index is 0.202. The largest absolute Gasteiger partial charge is 0.493 e. The Morgan fingerprint density at radius 3 is 2.00 bits per heavy atom. The average Bonchev–Trinajstić information content (AvgIpc) is 2.44. The number of carbonyl (C=O) groups is 2. The van der Waals surface area contributed by atoms with Crippen molar-refractivity contribution in [1.29, 1.82) is 0 Å². The number of carbonyl (C=O) groups excluding carboxylic acids is 2. The summed E-state index contributed by atoms with van der Waals surface area (Å²) in [5.41, 5.74) is 0.202.